The third kappa shape index (κ3) is 3.06. The van der Waals surface area contributed by atoms with E-state index in [0.717, 1.165) is 19.4 Å². The van der Waals surface area contributed by atoms with Crippen LogP contribution in [0.2, 0.25) is 0 Å². The van der Waals surface area contributed by atoms with E-state index >= 15 is 0 Å². The Kier molecular flexibility index (Phi) is 4.88. The lowest BCUT2D eigenvalue weighted by atomic mass is 10.1. The Morgan fingerprint density at radius 2 is 2.20 bits per heavy atom. The maximum Gasteiger partial charge on any atom is 0.259 e. The predicted molar refractivity (Wildman–Crippen MR) is 81.0 cm³/mol. The topological polar surface area (TPSA) is 55.6 Å². The number of hydrogen-bond donors (Lipinski definition) is 1. The van der Waals surface area contributed by atoms with Crippen molar-refractivity contribution in [2.45, 2.75) is 45.6 Å². The number of likely N-dealkylation sites (tertiary alicyclic amines) is 1. The van der Waals surface area contributed by atoms with Gasteiger partial charge in [0.15, 0.2) is 0 Å². The summed E-state index contributed by atoms with van der Waals surface area (Å²) in [6, 6.07) is 5.66. The molecule has 2 N–H and O–H groups in total. The van der Waals surface area contributed by atoms with E-state index in [1.165, 1.54) is 12.8 Å². The van der Waals surface area contributed by atoms with E-state index in [9.17, 15) is 4.79 Å². The maximum absolute atomic E-state index is 12.8. The largest absolute Gasteiger partial charge is 0.493 e. The molecule has 1 aliphatic rings. The lowest BCUT2D eigenvalue weighted by Gasteiger charge is -2.28. The highest BCUT2D eigenvalue weighted by molar-refractivity contribution is 6.02. The van der Waals surface area contributed by atoms with Crippen molar-refractivity contribution in [3.05, 3.63) is 23.8 Å². The van der Waals surface area contributed by atoms with Crippen LogP contribution in [0.4, 0.5) is 5.69 Å². The number of hydrogen-bond acceptors (Lipinski definition) is 3. The zero-order chi connectivity index (χ0) is 14.5. The SMILES string of the molecule is CCOc1cccc(N)c1C(=O)N1CCCCCC1C. The van der Waals surface area contributed by atoms with Gasteiger partial charge in [-0.15, -0.1) is 0 Å². The second-order valence-corrected chi connectivity index (χ2v) is 5.35. The predicted octanol–water partition coefficient (Wildman–Crippen LogP) is 3.07. The van der Waals surface area contributed by atoms with Gasteiger partial charge >= 0.3 is 0 Å². The number of nitrogens with two attached hydrogens (primary N) is 1. The second-order valence-electron chi connectivity index (χ2n) is 5.35. The zero-order valence-corrected chi connectivity index (χ0v) is 12.4. The number of benzene rings is 1. The molecule has 0 saturated carbocycles. The Labute approximate surface area is 120 Å². The van der Waals surface area contributed by atoms with E-state index in [1.807, 2.05) is 24.0 Å². The first kappa shape index (κ1) is 14.7. The minimum atomic E-state index is 0.000880. The van der Waals surface area contributed by atoms with Crippen molar-refractivity contribution in [2.75, 3.05) is 18.9 Å². The number of amides is 1. The van der Waals surface area contributed by atoms with Crippen molar-refractivity contribution in [3.8, 4) is 5.75 Å². The third-order valence-electron chi connectivity index (χ3n) is 3.89. The summed E-state index contributed by atoms with van der Waals surface area (Å²) in [5.41, 5.74) is 7.03. The van der Waals surface area contributed by atoms with E-state index in [0.29, 0.717) is 23.6 Å². The molecule has 0 bridgehead atoms. The third-order valence-corrected chi connectivity index (χ3v) is 3.89. The molecule has 1 saturated heterocycles. The van der Waals surface area contributed by atoms with Gasteiger partial charge in [-0.25, -0.2) is 0 Å². The molecule has 1 aromatic carbocycles. The summed E-state index contributed by atoms with van der Waals surface area (Å²) in [7, 11) is 0. The Bertz CT molecular complexity index is 474. The van der Waals surface area contributed by atoms with Crippen LogP contribution in [-0.2, 0) is 0 Å². The normalized spacial score (nSPS) is 19.5. The van der Waals surface area contributed by atoms with Gasteiger partial charge in [0.2, 0.25) is 0 Å². The molecule has 4 nitrogen and oxygen atoms in total. The Morgan fingerprint density at radius 3 is 2.95 bits per heavy atom. The van der Waals surface area contributed by atoms with Crippen molar-refractivity contribution in [1.82, 2.24) is 4.90 Å². The molecule has 110 valence electrons. The summed E-state index contributed by atoms with van der Waals surface area (Å²) in [4.78, 5) is 14.8. The lowest BCUT2D eigenvalue weighted by molar-refractivity contribution is 0.0695. The van der Waals surface area contributed by atoms with Crippen molar-refractivity contribution in [1.29, 1.82) is 0 Å². The van der Waals surface area contributed by atoms with E-state index in [4.69, 9.17) is 10.5 Å². The summed E-state index contributed by atoms with van der Waals surface area (Å²) in [5.74, 6) is 0.592. The van der Waals surface area contributed by atoms with Crippen LogP contribution in [0, 0.1) is 0 Å². The van der Waals surface area contributed by atoms with Gasteiger partial charge in [-0.3, -0.25) is 4.79 Å². The standard InChI is InChI=1S/C16H24N2O2/c1-3-20-14-10-7-9-13(17)15(14)16(19)18-11-6-4-5-8-12(18)2/h7,9-10,12H,3-6,8,11,17H2,1-2H3. The number of nitrogen functional groups attached to an aromatic ring is 1. The second kappa shape index (κ2) is 6.64. The van der Waals surface area contributed by atoms with E-state index in [2.05, 4.69) is 6.92 Å². The molecular weight excluding hydrogens is 252 g/mol. The van der Waals surface area contributed by atoms with Crippen molar-refractivity contribution >= 4 is 11.6 Å². The molecule has 4 heteroatoms. The lowest BCUT2D eigenvalue weighted by Crippen LogP contribution is -2.38. The molecular formula is C16H24N2O2. The van der Waals surface area contributed by atoms with Crippen LogP contribution in [-0.4, -0.2) is 30.0 Å². The first-order valence-corrected chi connectivity index (χ1v) is 7.47. The summed E-state index contributed by atoms with van der Waals surface area (Å²) in [6.07, 6.45) is 4.50. The number of carbonyl (C=O) groups excluding carboxylic acids is 1. The molecule has 1 fully saturated rings. The van der Waals surface area contributed by atoms with Crippen LogP contribution in [0.1, 0.15) is 49.9 Å². The fraction of sp³-hybridized carbons (Fsp3) is 0.562. The smallest absolute Gasteiger partial charge is 0.259 e. The Morgan fingerprint density at radius 1 is 1.40 bits per heavy atom. The average Bonchev–Trinajstić information content (AvgIpc) is 2.63. The van der Waals surface area contributed by atoms with Gasteiger partial charge in [0.05, 0.1) is 6.61 Å². The monoisotopic (exact) mass is 276 g/mol. The molecule has 0 radical (unpaired) electrons. The summed E-state index contributed by atoms with van der Waals surface area (Å²) < 4.78 is 5.57. The highest BCUT2D eigenvalue weighted by atomic mass is 16.5. The molecule has 1 heterocycles. The van der Waals surface area contributed by atoms with Gasteiger partial charge in [0.25, 0.3) is 5.91 Å². The zero-order valence-electron chi connectivity index (χ0n) is 12.4. The maximum atomic E-state index is 12.8. The quantitative estimate of drug-likeness (QED) is 0.863. The molecule has 0 aliphatic carbocycles. The summed E-state index contributed by atoms with van der Waals surface area (Å²) in [6.45, 7) is 5.36. The van der Waals surface area contributed by atoms with Crippen molar-refractivity contribution < 1.29 is 9.53 Å². The van der Waals surface area contributed by atoms with Gasteiger partial charge in [0, 0.05) is 18.3 Å². The first-order chi connectivity index (χ1) is 9.65. The molecule has 1 amide bonds. The van der Waals surface area contributed by atoms with Crippen LogP contribution in [0.25, 0.3) is 0 Å². The molecule has 1 atom stereocenters. The van der Waals surface area contributed by atoms with E-state index < -0.39 is 0 Å². The number of carbonyl (C=O) groups is 1. The van der Waals surface area contributed by atoms with Crippen LogP contribution in [0.15, 0.2) is 18.2 Å². The van der Waals surface area contributed by atoms with Crippen molar-refractivity contribution in [3.63, 3.8) is 0 Å². The van der Waals surface area contributed by atoms with Crippen LogP contribution < -0.4 is 10.5 Å². The molecule has 1 unspecified atom stereocenters. The highest BCUT2D eigenvalue weighted by Crippen LogP contribution is 2.28. The van der Waals surface area contributed by atoms with Crippen LogP contribution in [0.5, 0.6) is 5.75 Å². The molecule has 0 aromatic heterocycles. The molecule has 1 aliphatic heterocycles. The van der Waals surface area contributed by atoms with Crippen molar-refractivity contribution in [2.24, 2.45) is 0 Å². The number of ether oxygens (including phenoxy) is 1. The van der Waals surface area contributed by atoms with E-state index in [1.54, 1.807) is 6.07 Å². The van der Waals surface area contributed by atoms with Crippen LogP contribution >= 0.6 is 0 Å². The summed E-state index contributed by atoms with van der Waals surface area (Å²) in [5, 5.41) is 0. The number of rotatable bonds is 3. The number of nitrogens with zero attached hydrogens (tertiary/aromatic N) is 1. The average molecular weight is 276 g/mol. The Balaban J connectivity index is 2.31. The Hall–Kier alpha value is -1.71. The van der Waals surface area contributed by atoms with Gasteiger partial charge in [0.1, 0.15) is 11.3 Å². The van der Waals surface area contributed by atoms with Gasteiger partial charge in [-0.05, 0) is 38.8 Å². The fourth-order valence-electron chi connectivity index (χ4n) is 2.77. The van der Waals surface area contributed by atoms with Gasteiger partial charge < -0.3 is 15.4 Å². The molecule has 1 aromatic rings. The molecule has 0 spiro atoms. The minimum Gasteiger partial charge on any atom is -0.493 e. The first-order valence-electron chi connectivity index (χ1n) is 7.47. The van der Waals surface area contributed by atoms with Gasteiger partial charge in [-0.1, -0.05) is 18.9 Å². The van der Waals surface area contributed by atoms with Crippen LogP contribution in [0.3, 0.4) is 0 Å². The number of anilines is 1. The molecule has 20 heavy (non-hydrogen) atoms. The van der Waals surface area contributed by atoms with Gasteiger partial charge in [-0.2, -0.15) is 0 Å². The highest BCUT2D eigenvalue weighted by Gasteiger charge is 2.26. The minimum absolute atomic E-state index is 0.000880. The molecule has 2 rings (SSSR count). The van der Waals surface area contributed by atoms with E-state index in [-0.39, 0.29) is 11.9 Å². The summed E-state index contributed by atoms with van der Waals surface area (Å²) >= 11 is 0. The fourth-order valence-corrected chi connectivity index (χ4v) is 2.77.